The van der Waals surface area contributed by atoms with Crippen LogP contribution in [0.2, 0.25) is 0 Å². The number of carboxylic acids is 2. The normalized spacial score (nSPS) is 12.3. The molecule has 0 aliphatic rings. The number of rotatable bonds is 10. The Morgan fingerprint density at radius 2 is 0.717 bits per heavy atom. The second-order valence-corrected chi connectivity index (χ2v) is 15.1. The standard InChI is InChI=1S/2C16H30N4O6.Cu/c2*1-15(2,3)25-13(23)19-12(20-14(24)26-16(4,5)6)18-9-7-8-10(17)11(21)22;/h2*10H,7-9,17H2,1-6H3,(H,21,22)(H2,18,19,20,23,24);/q;;+2/p-2. The summed E-state index contributed by atoms with van der Waals surface area (Å²) >= 11 is 0. The van der Waals surface area contributed by atoms with E-state index < -0.39 is 70.8 Å². The van der Waals surface area contributed by atoms with Gasteiger partial charge in [0.15, 0.2) is 0 Å². The summed E-state index contributed by atoms with van der Waals surface area (Å²) < 4.78 is 20.4. The molecule has 0 bridgehead atoms. The third-order valence-corrected chi connectivity index (χ3v) is 4.97. The van der Waals surface area contributed by atoms with Crippen molar-refractivity contribution >= 4 is 48.2 Å². The number of carbonyl (C=O) groups is 6. The number of ether oxygens (including phenoxy) is 4. The van der Waals surface area contributed by atoms with Crippen LogP contribution in [0.25, 0.3) is 0 Å². The number of nitrogens with two attached hydrogens (primary N) is 2. The Bertz CT molecular complexity index is 1110. The van der Waals surface area contributed by atoms with Crippen LogP contribution in [0.15, 0.2) is 9.98 Å². The molecular formula is C32H58CuN8O12. The molecule has 20 nitrogen and oxygen atoms in total. The summed E-state index contributed by atoms with van der Waals surface area (Å²) in [5.41, 5.74) is 7.75. The van der Waals surface area contributed by atoms with E-state index in [4.69, 9.17) is 30.4 Å². The third-order valence-electron chi connectivity index (χ3n) is 4.97. The minimum Gasteiger partial charge on any atom is -0.548 e. The predicted molar refractivity (Wildman–Crippen MR) is 187 cm³/mol. The molecule has 4 amide bonds. The largest absolute Gasteiger partial charge is 2.00 e. The minimum absolute atomic E-state index is 0. The first-order valence-electron chi connectivity index (χ1n) is 16.4. The molecule has 53 heavy (non-hydrogen) atoms. The monoisotopic (exact) mass is 809 g/mol. The van der Waals surface area contributed by atoms with Crippen LogP contribution >= 0.6 is 0 Å². The van der Waals surface area contributed by atoms with Gasteiger partial charge in [-0.3, -0.25) is 31.3 Å². The number of nitrogens with zero attached hydrogens (tertiary/aromatic N) is 2. The molecule has 0 aromatic rings. The molecule has 0 aromatic heterocycles. The first kappa shape index (κ1) is 53.2. The molecule has 0 heterocycles. The van der Waals surface area contributed by atoms with Crippen LogP contribution in [-0.4, -0.2) is 95.8 Å². The van der Waals surface area contributed by atoms with Gasteiger partial charge in [0.1, 0.15) is 22.4 Å². The van der Waals surface area contributed by atoms with Crippen molar-refractivity contribution < 1.29 is 75.0 Å². The van der Waals surface area contributed by atoms with E-state index in [9.17, 15) is 39.0 Å². The Hall–Kier alpha value is -4.20. The maximum atomic E-state index is 11.9. The fraction of sp³-hybridized carbons (Fsp3) is 0.750. The van der Waals surface area contributed by atoms with E-state index in [0.717, 1.165) is 0 Å². The van der Waals surface area contributed by atoms with Crippen molar-refractivity contribution in [3.05, 3.63) is 0 Å². The van der Waals surface area contributed by atoms with Gasteiger partial charge in [-0.1, -0.05) is 0 Å². The Morgan fingerprint density at radius 3 is 0.887 bits per heavy atom. The Kier molecular flexibility index (Phi) is 24.3. The quantitative estimate of drug-likeness (QED) is 0.0576. The molecule has 309 valence electrons. The van der Waals surface area contributed by atoms with Gasteiger partial charge in [-0.2, -0.15) is 0 Å². The van der Waals surface area contributed by atoms with Crippen LogP contribution in [-0.2, 0) is 45.6 Å². The molecule has 21 heteroatoms. The molecular weight excluding hydrogens is 752 g/mol. The summed E-state index contributed by atoms with van der Waals surface area (Å²) in [7, 11) is 0. The number of carbonyl (C=O) groups excluding carboxylic acids is 6. The fourth-order valence-corrected chi connectivity index (χ4v) is 3.06. The van der Waals surface area contributed by atoms with E-state index in [1.165, 1.54) is 0 Å². The van der Waals surface area contributed by atoms with Crippen molar-refractivity contribution in [2.45, 2.75) is 143 Å². The Labute approximate surface area is 321 Å². The summed E-state index contributed by atoms with van der Waals surface area (Å²) in [5.74, 6) is -3.05. The number of aliphatic imine (C=N–C) groups is 2. The SMILES string of the molecule is CC(C)(C)OC(=O)NC(=NCCCC(N)C(=O)[O-])NC(=O)OC(C)(C)C.CC(C)(C)OC(=O)NC(=NCCCC(N)C(=O)[O-])NC(=O)OC(C)(C)C.[Cu+2]. The maximum Gasteiger partial charge on any atom is 2.00 e. The van der Waals surface area contributed by atoms with Crippen LogP contribution in [0.3, 0.4) is 0 Å². The van der Waals surface area contributed by atoms with Crippen molar-refractivity contribution in [1.29, 1.82) is 0 Å². The van der Waals surface area contributed by atoms with Gasteiger partial charge in [0.25, 0.3) is 0 Å². The molecule has 0 saturated heterocycles. The first-order valence-corrected chi connectivity index (χ1v) is 16.4. The molecule has 0 rings (SSSR count). The molecule has 2 atom stereocenters. The van der Waals surface area contributed by atoms with Crippen LogP contribution < -0.4 is 42.9 Å². The Balaban J connectivity index is -0.000000926. The molecule has 0 aliphatic heterocycles. The van der Waals surface area contributed by atoms with Gasteiger partial charge in [0.05, 0.1) is 11.9 Å². The number of alkyl carbamates (subject to hydrolysis) is 4. The second-order valence-electron chi connectivity index (χ2n) is 15.1. The van der Waals surface area contributed by atoms with Gasteiger partial charge in [0, 0.05) is 25.2 Å². The number of nitrogens with one attached hydrogen (secondary N) is 4. The number of hydrogen-bond acceptors (Lipinski definition) is 16. The molecule has 2 unspecified atom stereocenters. The third kappa shape index (κ3) is 34.6. The zero-order valence-corrected chi connectivity index (χ0v) is 33.6. The average molecular weight is 810 g/mol. The van der Waals surface area contributed by atoms with E-state index in [1.54, 1.807) is 83.1 Å². The van der Waals surface area contributed by atoms with Crippen LogP contribution in [0.5, 0.6) is 0 Å². The van der Waals surface area contributed by atoms with E-state index in [0.29, 0.717) is 12.8 Å². The topological polar surface area (TPSA) is 310 Å². The average Bonchev–Trinajstić information content (AvgIpc) is 2.88. The molecule has 0 saturated carbocycles. The van der Waals surface area contributed by atoms with E-state index >= 15 is 0 Å². The summed E-state index contributed by atoms with van der Waals surface area (Å²) in [4.78, 5) is 76.6. The van der Waals surface area contributed by atoms with Crippen molar-refractivity contribution in [3.63, 3.8) is 0 Å². The molecule has 0 aliphatic carbocycles. The number of amides is 4. The van der Waals surface area contributed by atoms with E-state index in [2.05, 4.69) is 31.3 Å². The van der Waals surface area contributed by atoms with Gasteiger partial charge in [-0.25, -0.2) is 19.2 Å². The van der Waals surface area contributed by atoms with Gasteiger partial charge >= 0.3 is 41.4 Å². The van der Waals surface area contributed by atoms with Crippen LogP contribution in [0, 0.1) is 0 Å². The molecule has 0 spiro atoms. The van der Waals surface area contributed by atoms with Gasteiger partial charge in [-0.15, -0.1) is 0 Å². The zero-order chi connectivity index (χ0) is 41.1. The number of carboxylic acid groups (broad SMARTS) is 2. The minimum atomic E-state index is -1.35. The number of hydrogen-bond donors (Lipinski definition) is 6. The number of guanidine groups is 2. The summed E-state index contributed by atoms with van der Waals surface area (Å²) in [6.07, 6.45) is -2.33. The maximum absolute atomic E-state index is 11.9. The number of aliphatic carboxylic acids is 2. The van der Waals surface area contributed by atoms with Gasteiger partial charge < -0.3 is 50.2 Å². The Morgan fingerprint density at radius 1 is 0.509 bits per heavy atom. The van der Waals surface area contributed by atoms with Crippen molar-refractivity contribution in [1.82, 2.24) is 21.3 Å². The summed E-state index contributed by atoms with van der Waals surface area (Å²) in [5, 5.41) is 30.4. The molecule has 0 aromatic carbocycles. The predicted octanol–water partition coefficient (Wildman–Crippen LogP) is 0.496. The van der Waals surface area contributed by atoms with Gasteiger partial charge in [0.2, 0.25) is 11.9 Å². The van der Waals surface area contributed by atoms with Crippen molar-refractivity contribution in [2.24, 2.45) is 21.5 Å². The zero-order valence-electron chi connectivity index (χ0n) is 32.6. The van der Waals surface area contributed by atoms with Crippen molar-refractivity contribution in [3.8, 4) is 0 Å². The molecule has 0 fully saturated rings. The van der Waals surface area contributed by atoms with Crippen molar-refractivity contribution in [2.75, 3.05) is 13.1 Å². The molecule has 8 N–H and O–H groups in total. The van der Waals surface area contributed by atoms with E-state index in [-0.39, 0.29) is 54.9 Å². The summed E-state index contributed by atoms with van der Waals surface area (Å²) in [6.45, 7) is 20.5. The van der Waals surface area contributed by atoms with Crippen LogP contribution in [0.4, 0.5) is 19.2 Å². The van der Waals surface area contributed by atoms with E-state index in [1.807, 2.05) is 0 Å². The van der Waals surface area contributed by atoms with Crippen LogP contribution in [0.1, 0.15) is 109 Å². The fourth-order valence-electron chi connectivity index (χ4n) is 3.06. The molecule has 1 radical (unpaired) electrons. The van der Waals surface area contributed by atoms with Gasteiger partial charge in [-0.05, 0) is 109 Å². The first-order chi connectivity index (χ1) is 23.4. The summed E-state index contributed by atoms with van der Waals surface area (Å²) in [6, 6.07) is -2.21. The smallest absolute Gasteiger partial charge is 0.548 e. The second kappa shape index (κ2) is 24.2.